The summed E-state index contributed by atoms with van der Waals surface area (Å²) in [5.41, 5.74) is 4.63. The van der Waals surface area contributed by atoms with Crippen molar-refractivity contribution in [2.24, 2.45) is 23.7 Å². The zero-order valence-corrected chi connectivity index (χ0v) is 13.9. The molecule has 0 heterocycles. The van der Waals surface area contributed by atoms with Gasteiger partial charge in [-0.05, 0) is 83.0 Å². The second kappa shape index (κ2) is 6.78. The van der Waals surface area contributed by atoms with E-state index in [1.807, 2.05) is 0 Å². The highest BCUT2D eigenvalue weighted by Gasteiger charge is 2.35. The zero-order chi connectivity index (χ0) is 14.7. The Morgan fingerprint density at radius 3 is 2.85 bits per heavy atom. The van der Waals surface area contributed by atoms with Crippen molar-refractivity contribution in [2.45, 2.75) is 66.2 Å². The van der Waals surface area contributed by atoms with Crippen LogP contribution in [0.15, 0.2) is 35.5 Å². The second-order valence-electron chi connectivity index (χ2n) is 7.43. The van der Waals surface area contributed by atoms with Crippen LogP contribution in [0.1, 0.15) is 66.2 Å². The van der Waals surface area contributed by atoms with Crippen molar-refractivity contribution < 1.29 is 0 Å². The number of hydrogen-bond acceptors (Lipinski definition) is 0. The summed E-state index contributed by atoms with van der Waals surface area (Å²) in [6, 6.07) is 0. The molecular formula is C20H32. The average molecular weight is 272 g/mol. The van der Waals surface area contributed by atoms with Gasteiger partial charge in [0.05, 0.1) is 0 Å². The van der Waals surface area contributed by atoms with Gasteiger partial charge in [-0.15, -0.1) is 0 Å². The molecule has 0 aromatic carbocycles. The highest BCUT2D eigenvalue weighted by molar-refractivity contribution is 5.22. The van der Waals surface area contributed by atoms with Gasteiger partial charge in [-0.1, -0.05) is 42.4 Å². The monoisotopic (exact) mass is 272 g/mol. The number of allylic oxidation sites excluding steroid dienone is 5. The predicted molar refractivity (Wildman–Crippen MR) is 89.7 cm³/mol. The van der Waals surface area contributed by atoms with E-state index >= 15 is 0 Å². The van der Waals surface area contributed by atoms with Gasteiger partial charge in [0.15, 0.2) is 0 Å². The maximum Gasteiger partial charge on any atom is -0.0106 e. The summed E-state index contributed by atoms with van der Waals surface area (Å²) in [4.78, 5) is 0. The van der Waals surface area contributed by atoms with Gasteiger partial charge in [-0.3, -0.25) is 0 Å². The molecule has 2 aliphatic carbocycles. The van der Waals surface area contributed by atoms with Gasteiger partial charge >= 0.3 is 0 Å². The summed E-state index contributed by atoms with van der Waals surface area (Å²) in [6.07, 6.45) is 12.8. The molecule has 0 aromatic heterocycles. The van der Waals surface area contributed by atoms with E-state index in [-0.39, 0.29) is 0 Å². The third kappa shape index (κ3) is 3.65. The molecule has 0 unspecified atom stereocenters. The fraction of sp³-hybridized carbons (Fsp3) is 0.700. The van der Waals surface area contributed by atoms with Crippen LogP contribution in [-0.2, 0) is 0 Å². The first-order valence-corrected chi connectivity index (χ1v) is 8.46. The largest absolute Gasteiger partial charge is 0.0995 e. The lowest BCUT2D eigenvalue weighted by atomic mass is 9.79. The Balaban J connectivity index is 1.96. The molecule has 0 spiro atoms. The van der Waals surface area contributed by atoms with E-state index in [1.165, 1.54) is 49.7 Å². The molecule has 0 aromatic rings. The number of hydrogen-bond donors (Lipinski definition) is 0. The number of fused-ring (bicyclic) bond motifs is 1. The quantitative estimate of drug-likeness (QED) is 0.526. The van der Waals surface area contributed by atoms with Gasteiger partial charge < -0.3 is 0 Å². The maximum atomic E-state index is 4.39. The zero-order valence-electron chi connectivity index (χ0n) is 13.9. The van der Waals surface area contributed by atoms with Crippen molar-refractivity contribution in [2.75, 3.05) is 0 Å². The minimum Gasteiger partial charge on any atom is -0.0995 e. The smallest absolute Gasteiger partial charge is 0.0106 e. The molecule has 0 radical (unpaired) electrons. The summed E-state index contributed by atoms with van der Waals surface area (Å²) in [5, 5.41) is 0. The maximum absolute atomic E-state index is 4.39. The fourth-order valence-electron chi connectivity index (χ4n) is 4.13. The van der Waals surface area contributed by atoms with Gasteiger partial charge in [0.25, 0.3) is 0 Å². The molecule has 112 valence electrons. The minimum absolute atomic E-state index is 0.769. The number of rotatable bonds is 4. The van der Waals surface area contributed by atoms with Crippen LogP contribution in [0, 0.1) is 23.7 Å². The van der Waals surface area contributed by atoms with Gasteiger partial charge in [-0.25, -0.2) is 0 Å². The van der Waals surface area contributed by atoms with Crippen molar-refractivity contribution >= 4 is 0 Å². The lowest BCUT2D eigenvalue weighted by Crippen LogP contribution is -2.17. The van der Waals surface area contributed by atoms with Crippen molar-refractivity contribution in [3.05, 3.63) is 35.5 Å². The van der Waals surface area contributed by atoms with E-state index in [0.29, 0.717) is 0 Å². The van der Waals surface area contributed by atoms with E-state index in [9.17, 15) is 0 Å². The van der Waals surface area contributed by atoms with Gasteiger partial charge in [0.1, 0.15) is 0 Å². The molecule has 20 heavy (non-hydrogen) atoms. The van der Waals surface area contributed by atoms with Crippen molar-refractivity contribution in [1.29, 1.82) is 0 Å². The van der Waals surface area contributed by atoms with E-state index in [0.717, 1.165) is 23.7 Å². The van der Waals surface area contributed by atoms with Crippen LogP contribution in [0.3, 0.4) is 0 Å². The Hall–Kier alpha value is -0.780. The molecule has 0 heteroatoms. The highest BCUT2D eigenvalue weighted by atomic mass is 14.4. The molecule has 2 aliphatic rings. The second-order valence-corrected chi connectivity index (χ2v) is 7.43. The third-order valence-electron chi connectivity index (χ3n) is 5.66. The first kappa shape index (κ1) is 15.6. The molecule has 4 atom stereocenters. The molecule has 0 bridgehead atoms. The highest BCUT2D eigenvalue weighted by Crippen LogP contribution is 2.46. The van der Waals surface area contributed by atoms with Crippen molar-refractivity contribution in [1.82, 2.24) is 0 Å². The molecule has 0 aliphatic heterocycles. The van der Waals surface area contributed by atoms with Crippen LogP contribution in [-0.4, -0.2) is 0 Å². The summed E-state index contributed by atoms with van der Waals surface area (Å²) < 4.78 is 0. The molecule has 0 N–H and O–H groups in total. The third-order valence-corrected chi connectivity index (χ3v) is 5.66. The molecular weight excluding hydrogens is 240 g/mol. The van der Waals surface area contributed by atoms with E-state index < -0.39 is 0 Å². The first-order valence-electron chi connectivity index (χ1n) is 8.46. The van der Waals surface area contributed by atoms with E-state index in [1.54, 1.807) is 5.57 Å². The van der Waals surface area contributed by atoms with Gasteiger partial charge in [0.2, 0.25) is 0 Å². The standard InChI is InChI=1S/C20H32/c1-14(2)7-6-8-15(3)18-11-9-16(4)19-12-10-17(5)20(19)13-18/h7,10,15,18-20H,4,6,8-9,11-13H2,1-3,5H3/t15-,18-,19+,20-/m1/s1. The van der Waals surface area contributed by atoms with Crippen LogP contribution in [0.4, 0.5) is 0 Å². The Morgan fingerprint density at radius 2 is 2.15 bits per heavy atom. The molecule has 2 rings (SSSR count). The topological polar surface area (TPSA) is 0 Å². The van der Waals surface area contributed by atoms with Crippen LogP contribution in [0.25, 0.3) is 0 Å². The van der Waals surface area contributed by atoms with Gasteiger partial charge in [-0.2, -0.15) is 0 Å². The summed E-state index contributed by atoms with van der Waals surface area (Å²) in [5.74, 6) is 3.32. The lowest BCUT2D eigenvalue weighted by molar-refractivity contribution is 0.273. The lowest BCUT2D eigenvalue weighted by Gasteiger charge is -2.26. The predicted octanol–water partition coefficient (Wildman–Crippen LogP) is 6.31. The summed E-state index contributed by atoms with van der Waals surface area (Å²) in [7, 11) is 0. The van der Waals surface area contributed by atoms with Crippen LogP contribution in [0.5, 0.6) is 0 Å². The van der Waals surface area contributed by atoms with Crippen molar-refractivity contribution in [3.8, 4) is 0 Å². The molecule has 0 nitrogen and oxygen atoms in total. The van der Waals surface area contributed by atoms with Crippen LogP contribution >= 0.6 is 0 Å². The normalized spacial score (nSPS) is 31.3. The molecule has 1 fully saturated rings. The van der Waals surface area contributed by atoms with Crippen LogP contribution in [0.2, 0.25) is 0 Å². The molecule has 0 saturated heterocycles. The Morgan fingerprint density at radius 1 is 1.40 bits per heavy atom. The summed E-state index contributed by atoms with van der Waals surface area (Å²) >= 11 is 0. The Labute approximate surface area is 126 Å². The van der Waals surface area contributed by atoms with Crippen LogP contribution < -0.4 is 0 Å². The van der Waals surface area contributed by atoms with Crippen molar-refractivity contribution in [3.63, 3.8) is 0 Å². The van der Waals surface area contributed by atoms with E-state index in [4.69, 9.17) is 0 Å². The molecule has 0 amide bonds. The average Bonchev–Trinajstić information content (AvgIpc) is 2.65. The minimum atomic E-state index is 0.769. The summed E-state index contributed by atoms with van der Waals surface area (Å²) in [6.45, 7) is 13.6. The Bertz CT molecular complexity index is 406. The van der Waals surface area contributed by atoms with Gasteiger partial charge in [0, 0.05) is 0 Å². The molecule has 1 saturated carbocycles. The fourth-order valence-corrected chi connectivity index (χ4v) is 4.13. The Kier molecular flexibility index (Phi) is 5.29. The first-order chi connectivity index (χ1) is 9.49. The van der Waals surface area contributed by atoms with E-state index in [2.05, 4.69) is 46.4 Å². The SMILES string of the molecule is C=C1CC[C@@H]([C@H](C)CCC=C(C)C)C[C@@H]2C(C)=CC[C@@H]12.